The van der Waals surface area contributed by atoms with Gasteiger partial charge in [0.2, 0.25) is 0 Å². The monoisotopic (exact) mass is 251 g/mol. The van der Waals surface area contributed by atoms with Crippen molar-refractivity contribution in [2.45, 2.75) is 12.3 Å². The summed E-state index contributed by atoms with van der Waals surface area (Å²) in [4.78, 5) is 0. The smallest absolute Gasteiger partial charge is 0.0627 e. The van der Waals surface area contributed by atoms with Crippen LogP contribution in [0.15, 0.2) is 18.2 Å². The Balaban J connectivity index is 0.000000980. The van der Waals surface area contributed by atoms with Crippen LogP contribution in [-0.4, -0.2) is 13.1 Å². The fourth-order valence-corrected chi connectivity index (χ4v) is 2.22. The Labute approximate surface area is 100 Å². The lowest BCUT2D eigenvalue weighted by Gasteiger charge is -2.11. The van der Waals surface area contributed by atoms with Gasteiger partial charge in [0.05, 0.1) is 10.0 Å². The molecule has 0 bridgehead atoms. The molecule has 0 spiro atoms. The molecule has 78 valence electrons. The van der Waals surface area contributed by atoms with Gasteiger partial charge in [-0.3, -0.25) is 0 Å². The topological polar surface area (TPSA) is 12.0 Å². The summed E-state index contributed by atoms with van der Waals surface area (Å²) in [6, 6.07) is 5.85. The van der Waals surface area contributed by atoms with E-state index in [2.05, 4.69) is 11.4 Å². The van der Waals surface area contributed by atoms with Gasteiger partial charge in [-0.1, -0.05) is 35.3 Å². The van der Waals surface area contributed by atoms with Crippen LogP contribution in [0.4, 0.5) is 0 Å². The highest BCUT2D eigenvalue weighted by atomic mass is 35.5. The first-order valence-electron chi connectivity index (χ1n) is 4.43. The maximum Gasteiger partial charge on any atom is 0.0627 e. The molecule has 14 heavy (non-hydrogen) atoms. The molecule has 1 aromatic rings. The van der Waals surface area contributed by atoms with E-state index in [1.165, 1.54) is 5.56 Å². The number of hydrogen-bond acceptors (Lipinski definition) is 1. The molecule has 4 heteroatoms. The Bertz CT molecular complexity index is 308. The summed E-state index contributed by atoms with van der Waals surface area (Å²) in [5.74, 6) is 0.534. The van der Waals surface area contributed by atoms with E-state index in [1.807, 2.05) is 12.1 Å². The molecule has 1 aliphatic heterocycles. The van der Waals surface area contributed by atoms with Crippen molar-refractivity contribution < 1.29 is 0 Å². The normalized spacial score (nSPS) is 20.6. The minimum atomic E-state index is 0. The zero-order valence-corrected chi connectivity index (χ0v) is 9.92. The Morgan fingerprint density at radius 1 is 1.29 bits per heavy atom. The molecular formula is C10H12Cl3N. The average molecular weight is 253 g/mol. The molecule has 2 rings (SSSR count). The second-order valence-electron chi connectivity index (χ2n) is 3.33. The van der Waals surface area contributed by atoms with Crippen molar-refractivity contribution in [2.75, 3.05) is 13.1 Å². The molecule has 0 radical (unpaired) electrons. The van der Waals surface area contributed by atoms with Gasteiger partial charge in [0.1, 0.15) is 0 Å². The SMILES string of the molecule is Cl.Clc1cccc(C2CCNC2)c1Cl. The van der Waals surface area contributed by atoms with E-state index in [0.29, 0.717) is 10.9 Å². The van der Waals surface area contributed by atoms with Crippen LogP contribution in [0.2, 0.25) is 10.0 Å². The summed E-state index contributed by atoms with van der Waals surface area (Å²) in [6.45, 7) is 2.09. The van der Waals surface area contributed by atoms with Gasteiger partial charge in [-0.15, -0.1) is 12.4 Å². The predicted octanol–water partition coefficient (Wildman–Crippen LogP) is 3.49. The van der Waals surface area contributed by atoms with E-state index in [1.54, 1.807) is 0 Å². The average Bonchev–Trinajstić information content (AvgIpc) is 2.62. The van der Waals surface area contributed by atoms with E-state index < -0.39 is 0 Å². The molecule has 0 saturated carbocycles. The predicted molar refractivity (Wildman–Crippen MR) is 63.9 cm³/mol. The lowest BCUT2D eigenvalue weighted by atomic mass is 9.98. The van der Waals surface area contributed by atoms with E-state index in [0.717, 1.165) is 24.5 Å². The molecule has 1 N–H and O–H groups in total. The molecular weight excluding hydrogens is 240 g/mol. The van der Waals surface area contributed by atoms with Crippen LogP contribution in [-0.2, 0) is 0 Å². The third kappa shape index (κ3) is 2.34. The first kappa shape index (κ1) is 12.1. The van der Waals surface area contributed by atoms with Crippen LogP contribution < -0.4 is 5.32 Å². The summed E-state index contributed by atoms with van der Waals surface area (Å²) in [5, 5.41) is 4.69. The summed E-state index contributed by atoms with van der Waals surface area (Å²) in [7, 11) is 0. The van der Waals surface area contributed by atoms with E-state index >= 15 is 0 Å². The Kier molecular flexibility index (Phi) is 4.52. The van der Waals surface area contributed by atoms with Crippen molar-refractivity contribution in [2.24, 2.45) is 0 Å². The van der Waals surface area contributed by atoms with Crippen molar-refractivity contribution in [3.8, 4) is 0 Å². The van der Waals surface area contributed by atoms with E-state index in [-0.39, 0.29) is 12.4 Å². The number of hydrogen-bond donors (Lipinski definition) is 1. The highest BCUT2D eigenvalue weighted by Gasteiger charge is 2.19. The van der Waals surface area contributed by atoms with Gasteiger partial charge in [-0.2, -0.15) is 0 Å². The van der Waals surface area contributed by atoms with Crippen LogP contribution >= 0.6 is 35.6 Å². The fraction of sp³-hybridized carbons (Fsp3) is 0.400. The van der Waals surface area contributed by atoms with E-state index in [4.69, 9.17) is 23.2 Å². The second-order valence-corrected chi connectivity index (χ2v) is 4.12. The van der Waals surface area contributed by atoms with Crippen molar-refractivity contribution >= 4 is 35.6 Å². The molecule has 1 atom stereocenters. The highest BCUT2D eigenvalue weighted by Crippen LogP contribution is 2.33. The molecule has 1 heterocycles. The molecule has 0 amide bonds. The van der Waals surface area contributed by atoms with Crippen LogP contribution in [0, 0.1) is 0 Å². The lowest BCUT2D eigenvalue weighted by molar-refractivity contribution is 0.764. The van der Waals surface area contributed by atoms with Crippen molar-refractivity contribution in [3.63, 3.8) is 0 Å². The summed E-state index contributed by atoms with van der Waals surface area (Å²) >= 11 is 12.1. The maximum absolute atomic E-state index is 6.11. The molecule has 1 unspecified atom stereocenters. The first-order chi connectivity index (χ1) is 6.29. The lowest BCUT2D eigenvalue weighted by Crippen LogP contribution is -2.08. The Hall–Kier alpha value is 0.0500. The number of nitrogens with one attached hydrogen (secondary N) is 1. The quantitative estimate of drug-likeness (QED) is 0.807. The van der Waals surface area contributed by atoms with Crippen LogP contribution in [0.1, 0.15) is 17.9 Å². The Morgan fingerprint density at radius 2 is 2.07 bits per heavy atom. The largest absolute Gasteiger partial charge is 0.316 e. The second kappa shape index (κ2) is 5.22. The molecule has 0 aromatic heterocycles. The molecule has 1 saturated heterocycles. The molecule has 1 aliphatic rings. The van der Waals surface area contributed by atoms with Gasteiger partial charge >= 0.3 is 0 Å². The number of halogens is 3. The third-order valence-electron chi connectivity index (χ3n) is 2.48. The van der Waals surface area contributed by atoms with Gasteiger partial charge in [0, 0.05) is 6.54 Å². The van der Waals surface area contributed by atoms with Gasteiger partial charge in [-0.25, -0.2) is 0 Å². The van der Waals surface area contributed by atoms with Gasteiger partial charge in [0.15, 0.2) is 0 Å². The fourth-order valence-electron chi connectivity index (χ4n) is 1.76. The standard InChI is InChI=1S/C10H11Cl2N.ClH/c11-9-3-1-2-8(10(9)12)7-4-5-13-6-7;/h1-3,7,13H,4-6H2;1H. The zero-order valence-electron chi connectivity index (χ0n) is 7.59. The maximum atomic E-state index is 6.11. The minimum absolute atomic E-state index is 0. The minimum Gasteiger partial charge on any atom is -0.316 e. The highest BCUT2D eigenvalue weighted by molar-refractivity contribution is 6.42. The van der Waals surface area contributed by atoms with Gasteiger partial charge < -0.3 is 5.32 Å². The molecule has 1 nitrogen and oxygen atoms in total. The van der Waals surface area contributed by atoms with Crippen molar-refractivity contribution in [1.82, 2.24) is 5.32 Å². The van der Waals surface area contributed by atoms with Crippen LogP contribution in [0.25, 0.3) is 0 Å². The van der Waals surface area contributed by atoms with Crippen molar-refractivity contribution in [3.05, 3.63) is 33.8 Å². The third-order valence-corrected chi connectivity index (χ3v) is 3.32. The zero-order chi connectivity index (χ0) is 9.26. The molecule has 0 aliphatic carbocycles. The number of rotatable bonds is 1. The summed E-state index contributed by atoms with van der Waals surface area (Å²) in [6.07, 6.45) is 1.15. The van der Waals surface area contributed by atoms with Gasteiger partial charge in [-0.05, 0) is 30.5 Å². The van der Waals surface area contributed by atoms with Crippen molar-refractivity contribution in [1.29, 1.82) is 0 Å². The first-order valence-corrected chi connectivity index (χ1v) is 5.19. The van der Waals surface area contributed by atoms with Crippen LogP contribution in [0.3, 0.4) is 0 Å². The summed E-state index contributed by atoms with van der Waals surface area (Å²) < 4.78 is 0. The van der Waals surface area contributed by atoms with Gasteiger partial charge in [0.25, 0.3) is 0 Å². The molecule has 1 aromatic carbocycles. The number of benzene rings is 1. The summed E-state index contributed by atoms with van der Waals surface area (Å²) in [5.41, 5.74) is 1.18. The molecule has 1 fully saturated rings. The van der Waals surface area contributed by atoms with E-state index in [9.17, 15) is 0 Å². The van der Waals surface area contributed by atoms with Crippen LogP contribution in [0.5, 0.6) is 0 Å². The Morgan fingerprint density at radius 3 is 2.71 bits per heavy atom.